The van der Waals surface area contributed by atoms with E-state index < -0.39 is 0 Å². The van der Waals surface area contributed by atoms with Crippen LogP contribution in [0.5, 0.6) is 11.5 Å². The minimum Gasteiger partial charge on any atom is -0.507 e. The summed E-state index contributed by atoms with van der Waals surface area (Å²) < 4.78 is 0. The molecule has 0 saturated heterocycles. The smallest absolute Gasteiger partial charge is 0.122 e. The van der Waals surface area contributed by atoms with E-state index in [1.54, 1.807) is 0 Å². The first-order valence-corrected chi connectivity index (χ1v) is 16.2. The highest BCUT2D eigenvalue weighted by atomic mass is 16.3. The van der Waals surface area contributed by atoms with Crippen molar-refractivity contribution >= 4 is 0 Å². The third kappa shape index (κ3) is 9.58. The van der Waals surface area contributed by atoms with Crippen molar-refractivity contribution in [3.05, 3.63) is 57.6 Å². The number of unbranched alkanes of at least 4 members (excludes halogenated alkanes) is 1. The number of benzene rings is 2. The number of rotatable bonds is 11. The summed E-state index contributed by atoms with van der Waals surface area (Å²) in [5, 5.41) is 21.3. The predicted octanol–water partition coefficient (Wildman–Crippen LogP) is 11.1. The fourth-order valence-corrected chi connectivity index (χ4v) is 6.27. The molecule has 2 heteroatoms. The Morgan fingerprint density at radius 3 is 2.03 bits per heavy atom. The molecule has 1 saturated carbocycles. The Kier molecular flexibility index (Phi) is 13.4. The van der Waals surface area contributed by atoms with E-state index in [2.05, 4.69) is 86.6 Å². The van der Waals surface area contributed by atoms with Gasteiger partial charge in [-0.3, -0.25) is 0 Å². The van der Waals surface area contributed by atoms with Crippen LogP contribution < -0.4 is 0 Å². The van der Waals surface area contributed by atoms with Crippen LogP contribution in [-0.2, 0) is 24.7 Å². The first-order chi connectivity index (χ1) is 18.4. The van der Waals surface area contributed by atoms with Gasteiger partial charge in [-0.15, -0.1) is 0 Å². The van der Waals surface area contributed by atoms with E-state index in [1.807, 2.05) is 0 Å². The van der Waals surface area contributed by atoms with Crippen LogP contribution in [0.3, 0.4) is 0 Å². The highest BCUT2D eigenvalue weighted by molar-refractivity contribution is 5.48. The lowest BCUT2D eigenvalue weighted by atomic mass is 9.78. The molecule has 0 aliphatic heterocycles. The fourth-order valence-electron chi connectivity index (χ4n) is 6.27. The Morgan fingerprint density at radius 2 is 1.49 bits per heavy atom. The van der Waals surface area contributed by atoms with Crippen molar-refractivity contribution in [2.45, 2.75) is 157 Å². The van der Waals surface area contributed by atoms with E-state index in [9.17, 15) is 10.2 Å². The summed E-state index contributed by atoms with van der Waals surface area (Å²) in [6.45, 7) is 19.9. The van der Waals surface area contributed by atoms with Crippen LogP contribution in [0.4, 0.5) is 0 Å². The number of aromatic hydroxyl groups is 2. The molecule has 0 aromatic heterocycles. The van der Waals surface area contributed by atoms with Crippen molar-refractivity contribution in [2.24, 2.45) is 5.92 Å². The SMILES string of the molecule is CCCC(C)(C)c1cc(CC)cc(CC(C)C)c1O.CCCCc1cc(C(C)C)c(O)c(C2CCCCC2)c1. The number of phenolic OH excluding ortho intramolecular Hbond substituents is 2. The fraction of sp³-hybridized carbons (Fsp3) is 0.676. The Labute approximate surface area is 241 Å². The quantitative estimate of drug-likeness (QED) is 0.300. The van der Waals surface area contributed by atoms with Crippen molar-refractivity contribution in [2.75, 3.05) is 0 Å². The Morgan fingerprint density at radius 1 is 0.821 bits per heavy atom. The molecule has 2 N–H and O–H groups in total. The second-order valence-corrected chi connectivity index (χ2v) is 13.5. The zero-order valence-electron chi connectivity index (χ0n) is 26.9. The van der Waals surface area contributed by atoms with E-state index in [0.717, 1.165) is 48.8 Å². The van der Waals surface area contributed by atoms with Crippen LogP contribution in [0.25, 0.3) is 0 Å². The van der Waals surface area contributed by atoms with Gasteiger partial charge in [-0.2, -0.15) is 0 Å². The van der Waals surface area contributed by atoms with Gasteiger partial charge in [-0.1, -0.05) is 119 Å². The van der Waals surface area contributed by atoms with Crippen LogP contribution in [0.2, 0.25) is 0 Å². The van der Waals surface area contributed by atoms with E-state index in [4.69, 9.17) is 0 Å². The summed E-state index contributed by atoms with van der Waals surface area (Å²) in [4.78, 5) is 0. The first kappa shape index (κ1) is 33.2. The molecule has 2 aromatic carbocycles. The average molecular weight is 537 g/mol. The van der Waals surface area contributed by atoms with Gasteiger partial charge in [0.05, 0.1) is 0 Å². The Hall–Kier alpha value is -1.96. The van der Waals surface area contributed by atoms with Crippen molar-refractivity contribution < 1.29 is 10.2 Å². The Bertz CT molecular complexity index is 1010. The molecular weight excluding hydrogens is 476 g/mol. The normalized spacial score (nSPS) is 14.5. The van der Waals surface area contributed by atoms with Gasteiger partial charge in [0.2, 0.25) is 0 Å². The third-order valence-electron chi connectivity index (χ3n) is 8.60. The van der Waals surface area contributed by atoms with Gasteiger partial charge in [0.15, 0.2) is 0 Å². The van der Waals surface area contributed by atoms with Crippen molar-refractivity contribution in [1.82, 2.24) is 0 Å². The standard InChI is InChI=1S/C19H30O.C18H30O/c1-4-5-9-15-12-17(14(2)3)19(20)18(13-15)16-10-7-6-8-11-16;1-7-9-18(5,6)16-12-14(8-2)11-15(17(16)19)10-13(3)4/h12-14,16,20H,4-11H2,1-3H3;11-13,19H,7-10H2,1-6H3. The first-order valence-electron chi connectivity index (χ1n) is 16.2. The van der Waals surface area contributed by atoms with E-state index in [1.165, 1.54) is 61.6 Å². The van der Waals surface area contributed by atoms with Crippen LogP contribution in [0.1, 0.15) is 165 Å². The molecule has 1 aliphatic carbocycles. The molecule has 3 rings (SSSR count). The van der Waals surface area contributed by atoms with Gasteiger partial charge >= 0.3 is 0 Å². The number of aryl methyl sites for hydroxylation is 2. The summed E-state index contributed by atoms with van der Waals surface area (Å²) in [6.07, 6.45) is 14.4. The van der Waals surface area contributed by atoms with E-state index in [0.29, 0.717) is 29.3 Å². The zero-order valence-corrected chi connectivity index (χ0v) is 26.9. The minimum atomic E-state index is 0.0513. The molecule has 220 valence electrons. The maximum absolute atomic E-state index is 10.7. The molecule has 0 heterocycles. The predicted molar refractivity (Wildman–Crippen MR) is 171 cm³/mol. The van der Waals surface area contributed by atoms with Gasteiger partial charge in [-0.05, 0) is 95.9 Å². The lowest BCUT2D eigenvalue weighted by Crippen LogP contribution is -2.18. The van der Waals surface area contributed by atoms with Crippen LogP contribution in [0.15, 0.2) is 24.3 Å². The second kappa shape index (κ2) is 15.7. The van der Waals surface area contributed by atoms with Crippen molar-refractivity contribution in [3.8, 4) is 11.5 Å². The number of phenols is 2. The molecule has 2 aromatic rings. The van der Waals surface area contributed by atoms with Gasteiger partial charge in [0.25, 0.3) is 0 Å². The van der Waals surface area contributed by atoms with Gasteiger partial charge < -0.3 is 10.2 Å². The highest BCUT2D eigenvalue weighted by Crippen LogP contribution is 2.41. The summed E-state index contributed by atoms with van der Waals surface area (Å²) in [5.41, 5.74) is 7.45. The largest absolute Gasteiger partial charge is 0.507 e. The number of hydrogen-bond acceptors (Lipinski definition) is 2. The molecule has 39 heavy (non-hydrogen) atoms. The van der Waals surface area contributed by atoms with Crippen molar-refractivity contribution in [3.63, 3.8) is 0 Å². The maximum Gasteiger partial charge on any atom is 0.122 e. The summed E-state index contributed by atoms with van der Waals surface area (Å²) in [7, 11) is 0. The molecule has 0 bridgehead atoms. The second-order valence-electron chi connectivity index (χ2n) is 13.5. The monoisotopic (exact) mass is 536 g/mol. The maximum atomic E-state index is 10.7. The average Bonchev–Trinajstić information content (AvgIpc) is 2.89. The zero-order chi connectivity index (χ0) is 29.2. The van der Waals surface area contributed by atoms with Gasteiger partial charge in [0, 0.05) is 5.56 Å². The third-order valence-corrected chi connectivity index (χ3v) is 8.60. The molecule has 1 fully saturated rings. The van der Waals surface area contributed by atoms with Crippen LogP contribution in [-0.4, -0.2) is 10.2 Å². The summed E-state index contributed by atoms with van der Waals surface area (Å²) in [5.74, 6) is 2.68. The molecule has 0 unspecified atom stereocenters. The van der Waals surface area contributed by atoms with E-state index >= 15 is 0 Å². The summed E-state index contributed by atoms with van der Waals surface area (Å²) >= 11 is 0. The molecule has 1 aliphatic rings. The molecule has 0 radical (unpaired) electrons. The Balaban J connectivity index is 0.000000274. The molecule has 0 atom stereocenters. The number of hydrogen-bond donors (Lipinski definition) is 2. The molecular formula is C37H60O2. The summed E-state index contributed by atoms with van der Waals surface area (Å²) in [6, 6.07) is 8.92. The topological polar surface area (TPSA) is 40.5 Å². The minimum absolute atomic E-state index is 0.0513. The lowest BCUT2D eigenvalue weighted by molar-refractivity contribution is 0.409. The van der Waals surface area contributed by atoms with E-state index in [-0.39, 0.29) is 5.41 Å². The lowest BCUT2D eigenvalue weighted by Gasteiger charge is -2.28. The van der Waals surface area contributed by atoms with Gasteiger partial charge in [-0.25, -0.2) is 0 Å². The van der Waals surface area contributed by atoms with Crippen molar-refractivity contribution in [1.29, 1.82) is 0 Å². The van der Waals surface area contributed by atoms with Crippen LogP contribution in [0, 0.1) is 5.92 Å². The molecule has 0 amide bonds. The van der Waals surface area contributed by atoms with Crippen LogP contribution >= 0.6 is 0 Å². The molecule has 2 nitrogen and oxygen atoms in total. The highest BCUT2D eigenvalue weighted by Gasteiger charge is 2.25. The van der Waals surface area contributed by atoms with Gasteiger partial charge in [0.1, 0.15) is 11.5 Å². The molecule has 0 spiro atoms.